The largest absolute Gasteiger partial charge is 0.398 e. The molecule has 0 radical (unpaired) electrons. The van der Waals surface area contributed by atoms with Gasteiger partial charge in [-0.25, -0.2) is 0 Å². The lowest BCUT2D eigenvalue weighted by Gasteiger charge is -2.30. The summed E-state index contributed by atoms with van der Waals surface area (Å²) in [4.78, 5) is 14.0. The summed E-state index contributed by atoms with van der Waals surface area (Å²) in [6.45, 7) is 6.63. The Hall–Kier alpha value is -1.59. The van der Waals surface area contributed by atoms with E-state index >= 15 is 0 Å². The Labute approximate surface area is 113 Å². The minimum atomic E-state index is -0.0163. The van der Waals surface area contributed by atoms with Gasteiger partial charge in [0.05, 0.1) is 19.3 Å². The van der Waals surface area contributed by atoms with Gasteiger partial charge in [0.25, 0.3) is 0 Å². The summed E-state index contributed by atoms with van der Waals surface area (Å²) < 4.78 is 5.45. The van der Waals surface area contributed by atoms with Gasteiger partial charge in [0.1, 0.15) is 0 Å². The molecule has 1 aliphatic rings. The summed E-state index contributed by atoms with van der Waals surface area (Å²) in [6.07, 6.45) is 0.191. The van der Waals surface area contributed by atoms with Crippen LogP contribution in [0.2, 0.25) is 0 Å². The molecule has 0 bridgehead atoms. The second-order valence-corrected chi connectivity index (χ2v) is 5.04. The average molecular weight is 263 g/mol. The Morgan fingerprint density at radius 2 is 2.37 bits per heavy atom. The molecule has 1 fully saturated rings. The van der Waals surface area contributed by atoms with Crippen LogP contribution in [0.5, 0.6) is 0 Å². The first-order valence-corrected chi connectivity index (χ1v) is 6.54. The lowest BCUT2D eigenvalue weighted by molar-refractivity contribution is -0.119. The maximum Gasteiger partial charge on any atom is 0.238 e. The van der Waals surface area contributed by atoms with Crippen molar-refractivity contribution in [3.05, 3.63) is 23.8 Å². The zero-order chi connectivity index (χ0) is 13.8. The SMILES string of the molecule is Cc1ccc(NC(=O)CN2CCOC(C)C2)cc1N. The minimum absolute atomic E-state index is 0.0163. The number of aryl methyl sites for hydroxylation is 1. The molecule has 3 N–H and O–H groups in total. The van der Waals surface area contributed by atoms with Gasteiger partial charge in [-0.15, -0.1) is 0 Å². The van der Waals surface area contributed by atoms with E-state index in [0.29, 0.717) is 18.8 Å². The number of nitrogens with two attached hydrogens (primary N) is 1. The molecule has 1 aromatic rings. The number of benzene rings is 1. The highest BCUT2D eigenvalue weighted by Gasteiger charge is 2.18. The molecule has 2 rings (SSSR count). The summed E-state index contributed by atoms with van der Waals surface area (Å²) in [6, 6.07) is 5.56. The molecule has 1 aromatic carbocycles. The predicted octanol–water partition coefficient (Wildman–Crippen LogP) is 1.24. The van der Waals surface area contributed by atoms with Crippen molar-refractivity contribution in [2.24, 2.45) is 0 Å². The van der Waals surface area contributed by atoms with E-state index in [1.54, 1.807) is 6.07 Å². The number of hydrogen-bond acceptors (Lipinski definition) is 4. The standard InChI is InChI=1S/C14H21N3O2/c1-10-3-4-12(7-13(10)15)16-14(18)9-17-5-6-19-11(2)8-17/h3-4,7,11H,5-6,8-9,15H2,1-2H3,(H,16,18). The Morgan fingerprint density at radius 1 is 1.58 bits per heavy atom. The third-order valence-electron chi connectivity index (χ3n) is 3.26. The van der Waals surface area contributed by atoms with Crippen molar-refractivity contribution >= 4 is 17.3 Å². The fraction of sp³-hybridized carbons (Fsp3) is 0.500. The summed E-state index contributed by atoms with van der Waals surface area (Å²) in [5.41, 5.74) is 8.27. The van der Waals surface area contributed by atoms with E-state index in [0.717, 1.165) is 24.3 Å². The van der Waals surface area contributed by atoms with Crippen LogP contribution in [0.25, 0.3) is 0 Å². The van der Waals surface area contributed by atoms with Gasteiger partial charge in [0.2, 0.25) is 5.91 Å². The number of nitrogens with zero attached hydrogens (tertiary/aromatic N) is 1. The molecule has 1 atom stereocenters. The second kappa shape index (κ2) is 6.04. The Kier molecular flexibility index (Phi) is 4.39. The molecule has 0 saturated carbocycles. The van der Waals surface area contributed by atoms with Crippen LogP contribution in [-0.2, 0) is 9.53 Å². The summed E-state index contributed by atoms with van der Waals surface area (Å²) in [7, 11) is 0. The lowest BCUT2D eigenvalue weighted by Crippen LogP contribution is -2.44. The second-order valence-electron chi connectivity index (χ2n) is 5.04. The highest BCUT2D eigenvalue weighted by atomic mass is 16.5. The first-order valence-electron chi connectivity index (χ1n) is 6.54. The van der Waals surface area contributed by atoms with E-state index in [9.17, 15) is 4.79 Å². The van der Waals surface area contributed by atoms with E-state index < -0.39 is 0 Å². The van der Waals surface area contributed by atoms with Crippen LogP contribution in [-0.4, -0.2) is 43.2 Å². The number of amides is 1. The molecule has 1 saturated heterocycles. The Bertz CT molecular complexity index is 462. The number of morpholine rings is 1. The van der Waals surface area contributed by atoms with Crippen molar-refractivity contribution in [1.82, 2.24) is 4.90 Å². The number of carbonyl (C=O) groups excluding carboxylic acids is 1. The zero-order valence-corrected chi connectivity index (χ0v) is 11.5. The number of carbonyl (C=O) groups is 1. The van der Waals surface area contributed by atoms with Gasteiger partial charge in [-0.2, -0.15) is 0 Å². The van der Waals surface area contributed by atoms with Crippen LogP contribution < -0.4 is 11.1 Å². The normalized spacial score (nSPS) is 20.2. The van der Waals surface area contributed by atoms with Crippen LogP contribution in [0, 0.1) is 6.92 Å². The first-order chi connectivity index (χ1) is 9.04. The fourth-order valence-electron chi connectivity index (χ4n) is 2.16. The van der Waals surface area contributed by atoms with E-state index in [1.807, 2.05) is 26.0 Å². The molecule has 0 aromatic heterocycles. The molecule has 1 amide bonds. The molecule has 19 heavy (non-hydrogen) atoms. The van der Waals surface area contributed by atoms with E-state index in [4.69, 9.17) is 10.5 Å². The van der Waals surface area contributed by atoms with Crippen molar-refractivity contribution in [3.63, 3.8) is 0 Å². The fourth-order valence-corrected chi connectivity index (χ4v) is 2.16. The maximum absolute atomic E-state index is 11.9. The topological polar surface area (TPSA) is 67.6 Å². The molecule has 5 nitrogen and oxygen atoms in total. The van der Waals surface area contributed by atoms with Crippen molar-refractivity contribution in [2.75, 3.05) is 37.3 Å². The van der Waals surface area contributed by atoms with Gasteiger partial charge >= 0.3 is 0 Å². The first kappa shape index (κ1) is 13.8. The van der Waals surface area contributed by atoms with E-state index in [1.165, 1.54) is 0 Å². The van der Waals surface area contributed by atoms with Gasteiger partial charge in [-0.1, -0.05) is 6.07 Å². The number of nitrogen functional groups attached to an aromatic ring is 1. The van der Waals surface area contributed by atoms with Crippen LogP contribution in [0.4, 0.5) is 11.4 Å². The molecule has 104 valence electrons. The summed E-state index contributed by atoms with van der Waals surface area (Å²) in [5, 5.41) is 2.87. The third-order valence-corrected chi connectivity index (χ3v) is 3.26. The highest BCUT2D eigenvalue weighted by Crippen LogP contribution is 2.16. The molecule has 0 spiro atoms. The number of nitrogens with one attached hydrogen (secondary N) is 1. The van der Waals surface area contributed by atoms with Crippen molar-refractivity contribution in [2.45, 2.75) is 20.0 Å². The molecule has 0 aliphatic carbocycles. The maximum atomic E-state index is 11.9. The summed E-state index contributed by atoms with van der Waals surface area (Å²) >= 11 is 0. The lowest BCUT2D eigenvalue weighted by atomic mass is 10.2. The van der Waals surface area contributed by atoms with Gasteiger partial charge in [-0.3, -0.25) is 9.69 Å². The highest BCUT2D eigenvalue weighted by molar-refractivity contribution is 5.92. The van der Waals surface area contributed by atoms with Crippen molar-refractivity contribution in [3.8, 4) is 0 Å². The van der Waals surface area contributed by atoms with Crippen LogP contribution in [0.3, 0.4) is 0 Å². The van der Waals surface area contributed by atoms with Gasteiger partial charge in [0.15, 0.2) is 0 Å². The minimum Gasteiger partial charge on any atom is -0.398 e. The van der Waals surface area contributed by atoms with Crippen molar-refractivity contribution < 1.29 is 9.53 Å². The number of rotatable bonds is 3. The van der Waals surface area contributed by atoms with Gasteiger partial charge in [0, 0.05) is 24.5 Å². The van der Waals surface area contributed by atoms with Gasteiger partial charge in [-0.05, 0) is 31.5 Å². The van der Waals surface area contributed by atoms with Gasteiger partial charge < -0.3 is 15.8 Å². The van der Waals surface area contributed by atoms with Crippen LogP contribution >= 0.6 is 0 Å². The third kappa shape index (κ3) is 3.94. The Balaban J connectivity index is 1.88. The molecule has 1 aliphatic heterocycles. The molecular weight excluding hydrogens is 242 g/mol. The molecule has 5 heteroatoms. The monoisotopic (exact) mass is 263 g/mol. The number of ether oxygens (including phenoxy) is 1. The average Bonchev–Trinajstić information content (AvgIpc) is 2.34. The Morgan fingerprint density at radius 3 is 3.05 bits per heavy atom. The molecular formula is C14H21N3O2. The quantitative estimate of drug-likeness (QED) is 0.805. The van der Waals surface area contributed by atoms with E-state index in [-0.39, 0.29) is 12.0 Å². The zero-order valence-electron chi connectivity index (χ0n) is 11.5. The van der Waals surface area contributed by atoms with Crippen LogP contribution in [0.15, 0.2) is 18.2 Å². The summed E-state index contributed by atoms with van der Waals surface area (Å²) in [5.74, 6) is -0.0163. The van der Waals surface area contributed by atoms with Crippen molar-refractivity contribution in [1.29, 1.82) is 0 Å². The smallest absolute Gasteiger partial charge is 0.238 e. The number of hydrogen-bond donors (Lipinski definition) is 2. The predicted molar refractivity (Wildman–Crippen MR) is 76.1 cm³/mol. The molecule has 1 unspecified atom stereocenters. The van der Waals surface area contributed by atoms with Crippen LogP contribution in [0.1, 0.15) is 12.5 Å². The molecule has 1 heterocycles. The number of anilines is 2. The van der Waals surface area contributed by atoms with E-state index in [2.05, 4.69) is 10.2 Å².